The van der Waals surface area contributed by atoms with Gasteiger partial charge in [0.2, 0.25) is 5.91 Å². The van der Waals surface area contributed by atoms with Gasteiger partial charge in [0, 0.05) is 11.6 Å². The first-order valence-electron chi connectivity index (χ1n) is 9.10. The Morgan fingerprint density at radius 3 is 2.63 bits per heavy atom. The zero-order valence-electron chi connectivity index (χ0n) is 15.4. The van der Waals surface area contributed by atoms with Gasteiger partial charge in [-0.05, 0) is 44.6 Å². The third kappa shape index (κ3) is 3.79. The van der Waals surface area contributed by atoms with Gasteiger partial charge in [-0.1, -0.05) is 13.0 Å². The lowest BCUT2D eigenvalue weighted by atomic mass is 9.77. The summed E-state index contributed by atoms with van der Waals surface area (Å²) in [5.74, 6) is -1.94. The van der Waals surface area contributed by atoms with Crippen molar-refractivity contribution in [1.82, 2.24) is 15.5 Å². The number of benzene rings is 1. The van der Waals surface area contributed by atoms with Crippen molar-refractivity contribution in [2.24, 2.45) is 5.92 Å². The zero-order valence-corrected chi connectivity index (χ0v) is 15.4. The number of urea groups is 1. The summed E-state index contributed by atoms with van der Waals surface area (Å²) >= 11 is 0. The Morgan fingerprint density at radius 2 is 2.00 bits per heavy atom. The summed E-state index contributed by atoms with van der Waals surface area (Å²) in [6.45, 7) is 3.22. The van der Waals surface area contributed by atoms with Crippen molar-refractivity contribution in [1.29, 1.82) is 0 Å². The van der Waals surface area contributed by atoms with Gasteiger partial charge >= 0.3 is 6.03 Å². The van der Waals surface area contributed by atoms with Crippen LogP contribution in [-0.4, -0.2) is 34.8 Å². The van der Waals surface area contributed by atoms with Crippen LogP contribution in [0.5, 0.6) is 0 Å². The number of nitrogens with one attached hydrogen (secondary N) is 2. The van der Waals surface area contributed by atoms with Gasteiger partial charge in [0.15, 0.2) is 0 Å². The highest BCUT2D eigenvalue weighted by molar-refractivity contribution is 6.09. The normalized spacial score (nSPS) is 26.2. The highest BCUT2D eigenvalue weighted by Gasteiger charge is 2.52. The predicted molar refractivity (Wildman–Crippen MR) is 93.5 cm³/mol. The van der Waals surface area contributed by atoms with Crippen LogP contribution < -0.4 is 10.6 Å². The van der Waals surface area contributed by atoms with E-state index in [0.717, 1.165) is 29.9 Å². The minimum Gasteiger partial charge on any atom is -0.348 e. The molecule has 27 heavy (non-hydrogen) atoms. The fraction of sp³-hybridized carbons (Fsp3) is 0.526. The van der Waals surface area contributed by atoms with Crippen molar-refractivity contribution in [2.75, 3.05) is 6.54 Å². The molecule has 1 aromatic rings. The van der Waals surface area contributed by atoms with E-state index in [2.05, 4.69) is 17.6 Å². The van der Waals surface area contributed by atoms with E-state index in [-0.39, 0.29) is 11.5 Å². The zero-order chi connectivity index (χ0) is 19.8. The lowest BCUT2D eigenvalue weighted by Gasteiger charge is -2.33. The first kappa shape index (κ1) is 19.3. The third-order valence-corrected chi connectivity index (χ3v) is 5.48. The number of amides is 4. The second-order valence-corrected chi connectivity index (χ2v) is 7.54. The maximum absolute atomic E-state index is 13.8. The molecule has 6 nitrogen and oxygen atoms in total. The molecule has 1 saturated heterocycles. The van der Waals surface area contributed by atoms with E-state index in [1.165, 1.54) is 6.07 Å². The lowest BCUT2D eigenvalue weighted by molar-refractivity contribution is -0.136. The van der Waals surface area contributed by atoms with Crippen molar-refractivity contribution in [3.05, 3.63) is 35.4 Å². The molecule has 3 rings (SSSR count). The van der Waals surface area contributed by atoms with E-state index in [9.17, 15) is 23.2 Å². The van der Waals surface area contributed by atoms with Crippen LogP contribution in [0.15, 0.2) is 18.2 Å². The van der Waals surface area contributed by atoms with Gasteiger partial charge in [0.1, 0.15) is 23.7 Å². The van der Waals surface area contributed by atoms with Crippen LogP contribution in [0.1, 0.15) is 51.1 Å². The van der Waals surface area contributed by atoms with Crippen LogP contribution in [0.4, 0.5) is 13.6 Å². The van der Waals surface area contributed by atoms with Gasteiger partial charge in [0.05, 0.1) is 6.04 Å². The number of imide groups is 1. The number of carbonyl (C=O) groups is 3. The van der Waals surface area contributed by atoms with E-state index >= 15 is 0 Å². The number of halogens is 2. The molecular weight excluding hydrogens is 356 g/mol. The molecule has 2 fully saturated rings. The summed E-state index contributed by atoms with van der Waals surface area (Å²) in [4.78, 5) is 38.2. The topological polar surface area (TPSA) is 78.5 Å². The Morgan fingerprint density at radius 1 is 1.33 bits per heavy atom. The molecule has 1 aromatic carbocycles. The van der Waals surface area contributed by atoms with E-state index in [1.807, 2.05) is 0 Å². The molecular formula is C19H23F2N3O3. The van der Waals surface area contributed by atoms with Crippen molar-refractivity contribution >= 4 is 17.8 Å². The van der Waals surface area contributed by atoms with Crippen molar-refractivity contribution in [3.8, 4) is 0 Å². The quantitative estimate of drug-likeness (QED) is 0.790. The Kier molecular flexibility index (Phi) is 5.17. The second kappa shape index (κ2) is 7.25. The molecule has 146 valence electrons. The standard InChI is InChI=1S/C19H23F2N3O3/c1-11-5-7-19(8-6-11)17(26)24(18(27)23-19)10-16(25)22-12(2)14-4-3-13(20)9-15(14)21/h3-4,9,11-12H,5-8,10H2,1-2H3,(H,22,25)(H,23,27)/t11?,12-,19?/m1/s1. The molecule has 0 bridgehead atoms. The number of hydrogen-bond acceptors (Lipinski definition) is 3. The third-order valence-electron chi connectivity index (χ3n) is 5.48. The first-order valence-corrected chi connectivity index (χ1v) is 9.10. The van der Waals surface area contributed by atoms with Crippen molar-refractivity contribution in [3.63, 3.8) is 0 Å². The van der Waals surface area contributed by atoms with Crippen molar-refractivity contribution < 1.29 is 23.2 Å². The Bertz CT molecular complexity index is 775. The van der Waals surface area contributed by atoms with E-state index in [4.69, 9.17) is 0 Å². The number of nitrogens with zero attached hydrogens (tertiary/aromatic N) is 1. The van der Waals surface area contributed by atoms with Gasteiger partial charge in [0.25, 0.3) is 5.91 Å². The number of hydrogen-bond donors (Lipinski definition) is 2. The van der Waals surface area contributed by atoms with Crippen LogP contribution in [0.3, 0.4) is 0 Å². The monoisotopic (exact) mass is 379 g/mol. The fourth-order valence-electron chi connectivity index (χ4n) is 3.77. The smallest absolute Gasteiger partial charge is 0.325 e. The molecule has 0 radical (unpaired) electrons. The van der Waals surface area contributed by atoms with Crippen LogP contribution in [0, 0.1) is 17.6 Å². The molecule has 2 aliphatic rings. The number of rotatable bonds is 4. The SMILES string of the molecule is CC1CCC2(CC1)NC(=O)N(CC(=O)N[C@H](C)c1ccc(F)cc1F)C2=O. The summed E-state index contributed by atoms with van der Waals surface area (Å²) in [6.07, 6.45) is 2.81. The van der Waals surface area contributed by atoms with Gasteiger partial charge < -0.3 is 10.6 Å². The molecule has 1 aliphatic carbocycles. The predicted octanol–water partition coefficient (Wildman–Crippen LogP) is 2.64. The molecule has 0 aromatic heterocycles. The Hall–Kier alpha value is -2.51. The van der Waals surface area contributed by atoms with Crippen LogP contribution >= 0.6 is 0 Å². The fourth-order valence-corrected chi connectivity index (χ4v) is 3.77. The summed E-state index contributed by atoms with van der Waals surface area (Å²) in [5.41, 5.74) is -0.780. The Labute approximate surface area is 156 Å². The van der Waals surface area contributed by atoms with Gasteiger partial charge in [-0.25, -0.2) is 13.6 Å². The molecule has 0 unspecified atom stereocenters. The van der Waals surface area contributed by atoms with E-state index < -0.39 is 41.7 Å². The molecule has 4 amide bonds. The molecule has 1 spiro atoms. The van der Waals surface area contributed by atoms with Gasteiger partial charge in [-0.2, -0.15) is 0 Å². The minimum absolute atomic E-state index is 0.125. The molecule has 1 atom stereocenters. The highest BCUT2D eigenvalue weighted by Crippen LogP contribution is 2.36. The minimum atomic E-state index is -0.904. The molecule has 1 aliphatic heterocycles. The lowest BCUT2D eigenvalue weighted by Crippen LogP contribution is -2.50. The average molecular weight is 379 g/mol. The largest absolute Gasteiger partial charge is 0.348 e. The maximum Gasteiger partial charge on any atom is 0.325 e. The highest BCUT2D eigenvalue weighted by atomic mass is 19.1. The second-order valence-electron chi connectivity index (χ2n) is 7.54. The number of carbonyl (C=O) groups excluding carboxylic acids is 3. The first-order chi connectivity index (χ1) is 12.7. The molecule has 1 saturated carbocycles. The average Bonchev–Trinajstić information content (AvgIpc) is 2.82. The van der Waals surface area contributed by atoms with Gasteiger partial charge in [-0.3, -0.25) is 14.5 Å². The van der Waals surface area contributed by atoms with Crippen LogP contribution in [-0.2, 0) is 9.59 Å². The van der Waals surface area contributed by atoms with E-state index in [0.29, 0.717) is 18.8 Å². The summed E-state index contributed by atoms with van der Waals surface area (Å²) < 4.78 is 26.8. The van der Waals surface area contributed by atoms with Crippen LogP contribution in [0.2, 0.25) is 0 Å². The molecule has 1 heterocycles. The van der Waals surface area contributed by atoms with E-state index in [1.54, 1.807) is 6.92 Å². The summed E-state index contributed by atoms with van der Waals surface area (Å²) in [5, 5.41) is 5.30. The van der Waals surface area contributed by atoms with Crippen molar-refractivity contribution in [2.45, 2.75) is 51.1 Å². The molecule has 8 heteroatoms. The maximum atomic E-state index is 13.8. The Balaban J connectivity index is 1.63. The van der Waals surface area contributed by atoms with Crippen LogP contribution in [0.25, 0.3) is 0 Å². The summed E-state index contributed by atoms with van der Waals surface area (Å²) in [7, 11) is 0. The van der Waals surface area contributed by atoms with Gasteiger partial charge in [-0.15, -0.1) is 0 Å². The molecule has 2 N–H and O–H groups in total. The summed E-state index contributed by atoms with van der Waals surface area (Å²) in [6, 6.07) is 1.78.